The summed E-state index contributed by atoms with van der Waals surface area (Å²) >= 11 is 0. The molecule has 0 heterocycles. The predicted octanol–water partition coefficient (Wildman–Crippen LogP) is 3.44. The van der Waals surface area contributed by atoms with E-state index in [9.17, 15) is 0 Å². The lowest BCUT2D eigenvalue weighted by Gasteiger charge is -2.08. The maximum absolute atomic E-state index is 4.14. The van der Waals surface area contributed by atoms with Gasteiger partial charge in [0.1, 0.15) is 0 Å². The van der Waals surface area contributed by atoms with Crippen molar-refractivity contribution < 1.29 is 0 Å². The highest BCUT2D eigenvalue weighted by Crippen LogP contribution is 2.20. The van der Waals surface area contributed by atoms with E-state index in [2.05, 4.69) is 11.2 Å². The molecular weight excluding hydrogens is 146 g/mol. The van der Waals surface area contributed by atoms with E-state index < -0.39 is 0 Å². The van der Waals surface area contributed by atoms with Crippen LogP contribution in [0.3, 0.4) is 0 Å². The quantitative estimate of drug-likeness (QED) is 0.530. The first kappa shape index (κ1) is 9.76. The minimum atomic E-state index is 0.785. The highest BCUT2D eigenvalue weighted by Gasteiger charge is 2.07. The lowest BCUT2D eigenvalue weighted by atomic mass is 9.98. The van der Waals surface area contributed by atoms with Crippen molar-refractivity contribution in [2.24, 2.45) is 10.9 Å². The van der Waals surface area contributed by atoms with Crippen LogP contribution >= 0.6 is 0 Å². The Morgan fingerprint density at radius 2 is 1.42 bits per heavy atom. The van der Waals surface area contributed by atoms with E-state index >= 15 is 0 Å². The third-order valence-electron chi connectivity index (χ3n) is 2.76. The van der Waals surface area contributed by atoms with Gasteiger partial charge >= 0.3 is 0 Å². The lowest BCUT2D eigenvalue weighted by molar-refractivity contribution is 0.545. The van der Waals surface area contributed by atoms with Crippen molar-refractivity contribution in [1.29, 1.82) is 0 Å². The molecule has 0 aromatic rings. The SMILES string of the molecule is CN=CC1CCCCCCCC1. The fraction of sp³-hybridized carbons (Fsp3) is 0.909. The fourth-order valence-electron chi connectivity index (χ4n) is 2.02. The Bertz CT molecular complexity index is 119. The summed E-state index contributed by atoms with van der Waals surface area (Å²) in [7, 11) is 1.90. The number of aliphatic imine (C=N–C) groups is 1. The molecule has 0 atom stereocenters. The van der Waals surface area contributed by atoms with Gasteiger partial charge in [-0.25, -0.2) is 0 Å². The second-order valence-electron chi connectivity index (χ2n) is 3.87. The Balaban J connectivity index is 2.28. The van der Waals surface area contributed by atoms with Gasteiger partial charge < -0.3 is 4.99 Å². The van der Waals surface area contributed by atoms with Crippen molar-refractivity contribution in [1.82, 2.24) is 0 Å². The fourth-order valence-corrected chi connectivity index (χ4v) is 2.02. The highest BCUT2D eigenvalue weighted by atomic mass is 14.6. The van der Waals surface area contributed by atoms with Crippen LogP contribution in [0.4, 0.5) is 0 Å². The first-order valence-corrected chi connectivity index (χ1v) is 5.36. The molecule has 0 bridgehead atoms. The van der Waals surface area contributed by atoms with Crippen LogP contribution in [0, 0.1) is 5.92 Å². The first-order chi connectivity index (χ1) is 5.93. The van der Waals surface area contributed by atoms with Crippen LogP contribution in [0.25, 0.3) is 0 Å². The highest BCUT2D eigenvalue weighted by molar-refractivity contribution is 5.60. The lowest BCUT2D eigenvalue weighted by Crippen LogP contribution is -2.01. The van der Waals surface area contributed by atoms with Gasteiger partial charge in [-0.15, -0.1) is 0 Å². The van der Waals surface area contributed by atoms with Gasteiger partial charge in [-0.05, 0) is 18.8 Å². The molecule has 1 rings (SSSR count). The molecule has 1 heteroatoms. The molecule has 1 fully saturated rings. The third-order valence-corrected chi connectivity index (χ3v) is 2.76. The average molecular weight is 167 g/mol. The zero-order valence-corrected chi connectivity index (χ0v) is 8.26. The van der Waals surface area contributed by atoms with Gasteiger partial charge in [0.05, 0.1) is 0 Å². The maximum atomic E-state index is 4.14. The van der Waals surface area contributed by atoms with Crippen LogP contribution in [-0.4, -0.2) is 13.3 Å². The molecule has 0 N–H and O–H groups in total. The second kappa shape index (κ2) is 6.22. The van der Waals surface area contributed by atoms with Gasteiger partial charge in [0.2, 0.25) is 0 Å². The number of hydrogen-bond acceptors (Lipinski definition) is 1. The molecule has 0 unspecified atom stereocenters. The van der Waals surface area contributed by atoms with E-state index in [1.165, 1.54) is 51.4 Å². The Morgan fingerprint density at radius 1 is 0.917 bits per heavy atom. The van der Waals surface area contributed by atoms with Gasteiger partial charge in [-0.3, -0.25) is 0 Å². The molecule has 0 saturated heterocycles. The zero-order chi connectivity index (χ0) is 8.65. The average Bonchev–Trinajstić information content (AvgIpc) is 2.19. The van der Waals surface area contributed by atoms with E-state index in [-0.39, 0.29) is 0 Å². The minimum Gasteiger partial charge on any atom is -0.301 e. The van der Waals surface area contributed by atoms with Gasteiger partial charge in [0.15, 0.2) is 0 Å². The molecule has 1 aliphatic carbocycles. The van der Waals surface area contributed by atoms with Gasteiger partial charge in [-0.2, -0.15) is 0 Å². The Labute approximate surface area is 76.3 Å². The maximum Gasteiger partial charge on any atom is 0.0273 e. The Morgan fingerprint density at radius 3 is 1.92 bits per heavy atom. The summed E-state index contributed by atoms with van der Waals surface area (Å²) in [6, 6.07) is 0. The number of nitrogens with zero attached hydrogens (tertiary/aromatic N) is 1. The van der Waals surface area contributed by atoms with Crippen molar-refractivity contribution >= 4 is 6.21 Å². The Kier molecular flexibility index (Phi) is 5.05. The molecule has 12 heavy (non-hydrogen) atoms. The van der Waals surface area contributed by atoms with Gasteiger partial charge in [0.25, 0.3) is 0 Å². The normalized spacial score (nSPS) is 23.4. The molecule has 0 aromatic heterocycles. The number of hydrogen-bond donors (Lipinski definition) is 0. The predicted molar refractivity (Wildman–Crippen MR) is 54.8 cm³/mol. The molecule has 0 amide bonds. The van der Waals surface area contributed by atoms with Crippen LogP contribution in [-0.2, 0) is 0 Å². The van der Waals surface area contributed by atoms with E-state index in [0.717, 1.165) is 5.92 Å². The molecule has 0 aromatic carbocycles. The first-order valence-electron chi connectivity index (χ1n) is 5.36. The van der Waals surface area contributed by atoms with E-state index in [0.29, 0.717) is 0 Å². The summed E-state index contributed by atoms with van der Waals surface area (Å²) < 4.78 is 0. The summed E-state index contributed by atoms with van der Waals surface area (Å²) in [5.41, 5.74) is 0. The molecular formula is C11H21N. The molecule has 0 aliphatic heterocycles. The molecule has 70 valence electrons. The van der Waals surface area contributed by atoms with Gasteiger partial charge in [0, 0.05) is 13.3 Å². The van der Waals surface area contributed by atoms with E-state index in [1.807, 2.05) is 7.05 Å². The molecule has 1 aliphatic rings. The van der Waals surface area contributed by atoms with E-state index in [1.54, 1.807) is 0 Å². The number of rotatable bonds is 1. The third kappa shape index (κ3) is 3.89. The monoisotopic (exact) mass is 167 g/mol. The Hall–Kier alpha value is -0.330. The summed E-state index contributed by atoms with van der Waals surface area (Å²) in [4.78, 5) is 4.14. The van der Waals surface area contributed by atoms with Crippen molar-refractivity contribution in [3.8, 4) is 0 Å². The summed E-state index contributed by atoms with van der Waals surface area (Å²) in [6.07, 6.45) is 13.5. The summed E-state index contributed by atoms with van der Waals surface area (Å²) in [5.74, 6) is 0.785. The van der Waals surface area contributed by atoms with Crippen LogP contribution in [0.2, 0.25) is 0 Å². The van der Waals surface area contributed by atoms with Crippen LogP contribution in [0.15, 0.2) is 4.99 Å². The largest absolute Gasteiger partial charge is 0.301 e. The van der Waals surface area contributed by atoms with Crippen molar-refractivity contribution in [3.63, 3.8) is 0 Å². The zero-order valence-electron chi connectivity index (χ0n) is 8.26. The van der Waals surface area contributed by atoms with Crippen molar-refractivity contribution in [3.05, 3.63) is 0 Å². The minimum absolute atomic E-state index is 0.785. The summed E-state index contributed by atoms with van der Waals surface area (Å²) in [6.45, 7) is 0. The molecule has 0 radical (unpaired) electrons. The topological polar surface area (TPSA) is 12.4 Å². The second-order valence-corrected chi connectivity index (χ2v) is 3.87. The molecule has 0 spiro atoms. The summed E-state index contributed by atoms with van der Waals surface area (Å²) in [5, 5.41) is 0. The van der Waals surface area contributed by atoms with Crippen molar-refractivity contribution in [2.75, 3.05) is 7.05 Å². The molecule has 1 nitrogen and oxygen atoms in total. The van der Waals surface area contributed by atoms with Crippen LogP contribution in [0.5, 0.6) is 0 Å². The van der Waals surface area contributed by atoms with Crippen LogP contribution in [0.1, 0.15) is 51.4 Å². The van der Waals surface area contributed by atoms with Crippen molar-refractivity contribution in [2.45, 2.75) is 51.4 Å². The van der Waals surface area contributed by atoms with Crippen LogP contribution < -0.4 is 0 Å². The molecule has 1 saturated carbocycles. The van der Waals surface area contributed by atoms with E-state index in [4.69, 9.17) is 0 Å². The standard InChI is InChI=1S/C11H21N/c1-12-10-11-8-6-4-2-3-5-7-9-11/h10-11H,2-9H2,1H3. The van der Waals surface area contributed by atoms with Gasteiger partial charge in [-0.1, -0.05) is 38.5 Å². The smallest absolute Gasteiger partial charge is 0.0273 e.